The van der Waals surface area contributed by atoms with Crippen LogP contribution in [0.15, 0.2) is 29.6 Å². The quantitative estimate of drug-likeness (QED) is 0.674. The van der Waals surface area contributed by atoms with Crippen molar-refractivity contribution in [1.29, 1.82) is 0 Å². The molecule has 0 saturated carbocycles. The van der Waals surface area contributed by atoms with Crippen molar-refractivity contribution in [3.63, 3.8) is 0 Å². The molecule has 0 aliphatic rings. The first-order chi connectivity index (χ1) is 8.93. The molecule has 0 amide bonds. The number of hydrogen-bond acceptors (Lipinski definition) is 4. The van der Waals surface area contributed by atoms with E-state index in [0.29, 0.717) is 5.69 Å². The van der Waals surface area contributed by atoms with Gasteiger partial charge in [-0.05, 0) is 18.6 Å². The molecule has 3 N–H and O–H groups in total. The van der Waals surface area contributed by atoms with Crippen LogP contribution in [0.3, 0.4) is 0 Å². The van der Waals surface area contributed by atoms with Crippen molar-refractivity contribution in [3.8, 4) is 0 Å². The molecule has 0 aliphatic carbocycles. The maximum Gasteiger partial charge on any atom is 0.416 e. The van der Waals surface area contributed by atoms with E-state index in [4.69, 9.17) is 5.84 Å². The highest BCUT2D eigenvalue weighted by Crippen LogP contribution is 2.36. The Labute approximate surface area is 112 Å². The highest BCUT2D eigenvalue weighted by Gasteiger charge is 2.35. The third kappa shape index (κ3) is 2.94. The van der Waals surface area contributed by atoms with Crippen LogP contribution in [0.25, 0.3) is 0 Å². The molecule has 2 rings (SSSR count). The van der Waals surface area contributed by atoms with Crippen molar-refractivity contribution in [3.05, 3.63) is 51.5 Å². The summed E-state index contributed by atoms with van der Waals surface area (Å²) in [6.45, 7) is 1.79. The first-order valence-corrected chi connectivity index (χ1v) is 6.35. The SMILES string of the molecule is Cc1nc(C(NN)c2ccccc2C(F)(F)F)cs1. The van der Waals surface area contributed by atoms with Gasteiger partial charge in [-0.15, -0.1) is 11.3 Å². The zero-order chi connectivity index (χ0) is 14.0. The highest BCUT2D eigenvalue weighted by molar-refractivity contribution is 7.09. The molecule has 0 aliphatic heterocycles. The molecule has 0 saturated heterocycles. The molecule has 0 radical (unpaired) electrons. The molecule has 0 fully saturated rings. The van der Waals surface area contributed by atoms with E-state index in [1.165, 1.54) is 23.5 Å². The number of alkyl halides is 3. The Morgan fingerprint density at radius 1 is 1.32 bits per heavy atom. The van der Waals surface area contributed by atoms with Crippen LogP contribution in [0, 0.1) is 6.92 Å². The van der Waals surface area contributed by atoms with Crippen molar-refractivity contribution in [2.45, 2.75) is 19.1 Å². The molecule has 1 unspecified atom stereocenters. The number of hydrogen-bond donors (Lipinski definition) is 2. The van der Waals surface area contributed by atoms with E-state index < -0.39 is 17.8 Å². The molecule has 0 spiro atoms. The molecular weight excluding hydrogens is 275 g/mol. The van der Waals surface area contributed by atoms with Gasteiger partial charge in [-0.25, -0.2) is 10.4 Å². The number of rotatable bonds is 3. The average molecular weight is 287 g/mol. The third-order valence-corrected chi connectivity index (χ3v) is 3.47. The topological polar surface area (TPSA) is 50.9 Å². The van der Waals surface area contributed by atoms with E-state index in [0.717, 1.165) is 11.1 Å². The summed E-state index contributed by atoms with van der Waals surface area (Å²) >= 11 is 1.37. The van der Waals surface area contributed by atoms with Crippen molar-refractivity contribution in [2.75, 3.05) is 0 Å². The summed E-state index contributed by atoms with van der Waals surface area (Å²) in [4.78, 5) is 4.19. The Morgan fingerprint density at radius 3 is 2.53 bits per heavy atom. The molecular formula is C12H12F3N3S. The largest absolute Gasteiger partial charge is 0.416 e. The first kappa shape index (κ1) is 14.0. The average Bonchev–Trinajstić information content (AvgIpc) is 2.76. The van der Waals surface area contributed by atoms with E-state index in [1.54, 1.807) is 18.4 Å². The number of thiazole rings is 1. The van der Waals surface area contributed by atoms with E-state index in [-0.39, 0.29) is 5.56 Å². The van der Waals surface area contributed by atoms with E-state index in [1.807, 2.05) is 0 Å². The highest BCUT2D eigenvalue weighted by atomic mass is 32.1. The summed E-state index contributed by atoms with van der Waals surface area (Å²) in [7, 11) is 0. The van der Waals surface area contributed by atoms with Gasteiger partial charge in [-0.2, -0.15) is 13.2 Å². The number of aromatic nitrogens is 1. The summed E-state index contributed by atoms with van der Waals surface area (Å²) in [5, 5.41) is 2.48. The van der Waals surface area contributed by atoms with Gasteiger partial charge in [0.25, 0.3) is 0 Å². The molecule has 3 nitrogen and oxygen atoms in total. The number of nitrogens with one attached hydrogen (secondary N) is 1. The van der Waals surface area contributed by atoms with Gasteiger partial charge in [0.2, 0.25) is 0 Å². The number of hydrazine groups is 1. The lowest BCUT2D eigenvalue weighted by molar-refractivity contribution is -0.138. The number of aryl methyl sites for hydroxylation is 1. The normalized spacial score (nSPS) is 13.5. The lowest BCUT2D eigenvalue weighted by Crippen LogP contribution is -2.30. The van der Waals surface area contributed by atoms with Gasteiger partial charge < -0.3 is 0 Å². The second kappa shape index (κ2) is 5.28. The van der Waals surface area contributed by atoms with Crippen molar-refractivity contribution in [2.24, 2.45) is 5.84 Å². The fourth-order valence-electron chi connectivity index (χ4n) is 1.85. The minimum absolute atomic E-state index is 0.0720. The molecule has 2 aromatic rings. The zero-order valence-corrected chi connectivity index (χ0v) is 10.8. The maximum atomic E-state index is 13.0. The summed E-state index contributed by atoms with van der Waals surface area (Å²) in [5.41, 5.74) is 2.26. The smallest absolute Gasteiger partial charge is 0.271 e. The summed E-state index contributed by atoms with van der Waals surface area (Å²) in [6, 6.07) is 4.57. The Hall–Kier alpha value is -1.44. The molecule has 1 aromatic carbocycles. The van der Waals surface area contributed by atoms with Gasteiger partial charge in [0.15, 0.2) is 0 Å². The Kier molecular flexibility index (Phi) is 3.88. The standard InChI is InChI=1S/C12H12F3N3S/c1-7-17-10(6-19-7)11(18-16)8-4-2-3-5-9(8)12(13,14)15/h2-6,11,18H,16H2,1H3. The van der Waals surface area contributed by atoms with Crippen LogP contribution in [0.5, 0.6) is 0 Å². The first-order valence-electron chi connectivity index (χ1n) is 5.47. The molecule has 7 heteroatoms. The molecule has 19 heavy (non-hydrogen) atoms. The van der Waals surface area contributed by atoms with Crippen molar-refractivity contribution >= 4 is 11.3 Å². The van der Waals surface area contributed by atoms with Gasteiger partial charge in [0, 0.05) is 5.38 Å². The summed E-state index contributed by atoms with van der Waals surface area (Å²) in [6.07, 6.45) is -4.42. The van der Waals surface area contributed by atoms with Crippen LogP contribution in [0.4, 0.5) is 13.2 Å². The second-order valence-electron chi connectivity index (χ2n) is 3.98. The van der Waals surface area contributed by atoms with Crippen LogP contribution in [-0.2, 0) is 6.18 Å². The minimum Gasteiger partial charge on any atom is -0.271 e. The van der Waals surface area contributed by atoms with Crippen LogP contribution >= 0.6 is 11.3 Å². The monoisotopic (exact) mass is 287 g/mol. The van der Waals surface area contributed by atoms with E-state index in [9.17, 15) is 13.2 Å². The van der Waals surface area contributed by atoms with Crippen molar-refractivity contribution < 1.29 is 13.2 Å². The molecule has 1 atom stereocenters. The molecule has 0 bridgehead atoms. The fraction of sp³-hybridized carbons (Fsp3) is 0.250. The summed E-state index contributed by atoms with van der Waals surface area (Å²) in [5.74, 6) is 5.41. The van der Waals surface area contributed by atoms with E-state index >= 15 is 0 Å². The second-order valence-corrected chi connectivity index (χ2v) is 5.04. The predicted octanol–water partition coefficient (Wildman–Crippen LogP) is 3.02. The fourth-order valence-corrected chi connectivity index (χ4v) is 2.49. The Balaban J connectivity index is 2.50. The number of halogens is 3. The molecule has 1 heterocycles. The maximum absolute atomic E-state index is 13.0. The number of nitrogens with zero attached hydrogens (tertiary/aromatic N) is 1. The zero-order valence-electron chi connectivity index (χ0n) is 10.0. The predicted molar refractivity (Wildman–Crippen MR) is 67.5 cm³/mol. The summed E-state index contributed by atoms with van der Waals surface area (Å²) < 4.78 is 38.9. The lowest BCUT2D eigenvalue weighted by atomic mass is 9.98. The number of benzene rings is 1. The van der Waals surface area contributed by atoms with Gasteiger partial charge in [-0.1, -0.05) is 18.2 Å². The van der Waals surface area contributed by atoms with Crippen LogP contribution < -0.4 is 11.3 Å². The van der Waals surface area contributed by atoms with Gasteiger partial charge in [0.05, 0.1) is 22.3 Å². The minimum atomic E-state index is -4.42. The van der Waals surface area contributed by atoms with Gasteiger partial charge in [-0.3, -0.25) is 5.84 Å². The Morgan fingerprint density at radius 2 is 2.00 bits per heavy atom. The third-order valence-electron chi connectivity index (χ3n) is 2.68. The number of nitrogens with two attached hydrogens (primary N) is 1. The Bertz CT molecular complexity index is 565. The lowest BCUT2D eigenvalue weighted by Gasteiger charge is -2.19. The molecule has 102 valence electrons. The molecule has 1 aromatic heterocycles. The van der Waals surface area contributed by atoms with Crippen LogP contribution in [-0.4, -0.2) is 4.98 Å². The van der Waals surface area contributed by atoms with Gasteiger partial charge >= 0.3 is 6.18 Å². The van der Waals surface area contributed by atoms with Crippen LogP contribution in [0.2, 0.25) is 0 Å². The van der Waals surface area contributed by atoms with Crippen molar-refractivity contribution in [1.82, 2.24) is 10.4 Å². The van der Waals surface area contributed by atoms with Gasteiger partial charge in [0.1, 0.15) is 0 Å². The van der Waals surface area contributed by atoms with E-state index in [2.05, 4.69) is 10.4 Å². The van der Waals surface area contributed by atoms with Crippen LogP contribution in [0.1, 0.15) is 27.9 Å².